The Morgan fingerprint density at radius 1 is 0.296 bits per heavy atom. The number of unbranched alkanes of at least 4 members (excludes halogenated alkanes) is 36. The van der Waals surface area contributed by atoms with Crippen LogP contribution in [0.2, 0.25) is 0 Å². The van der Waals surface area contributed by atoms with E-state index in [1.54, 1.807) is 0 Å². The molecule has 452 valence electrons. The lowest BCUT2D eigenvalue weighted by Gasteiger charge is -2.14. The van der Waals surface area contributed by atoms with Gasteiger partial charge in [0.15, 0.2) is 23.0 Å². The Bertz CT molecular complexity index is 2180. The van der Waals surface area contributed by atoms with Crippen molar-refractivity contribution in [2.45, 2.75) is 285 Å². The third kappa shape index (κ3) is 28.8. The molecule has 81 heavy (non-hydrogen) atoms. The van der Waals surface area contributed by atoms with Crippen LogP contribution in [-0.2, 0) is 0 Å². The first kappa shape index (κ1) is 67.7. The summed E-state index contributed by atoms with van der Waals surface area (Å²) in [6, 6.07) is 18.0. The first-order valence-electron chi connectivity index (χ1n) is 33.3. The Balaban J connectivity index is 1.21. The second-order valence-corrected chi connectivity index (χ2v) is 24.3. The summed E-state index contributed by atoms with van der Waals surface area (Å²) < 4.78 is 38.6. The smallest absolute Gasteiger partial charge is 0.258 e. The van der Waals surface area contributed by atoms with Crippen molar-refractivity contribution < 1.29 is 28.0 Å². The van der Waals surface area contributed by atoms with Gasteiger partial charge in [0.1, 0.15) is 0 Å². The number of ether oxygens (including phenoxy) is 4. The monoisotopic (exact) mass is 1230 g/mol. The van der Waals surface area contributed by atoms with E-state index in [0.717, 1.165) is 87.3 Å². The van der Waals surface area contributed by atoms with Crippen LogP contribution in [0.3, 0.4) is 0 Å². The van der Waals surface area contributed by atoms with Crippen LogP contribution < -0.4 is 18.9 Å². The van der Waals surface area contributed by atoms with E-state index in [0.29, 0.717) is 49.9 Å². The molecule has 0 N–H and O–H groups in total. The molecular weight excluding hydrogens is 1120 g/mol. The van der Waals surface area contributed by atoms with E-state index in [1.165, 1.54) is 218 Å². The van der Waals surface area contributed by atoms with Gasteiger partial charge in [0.05, 0.1) is 26.4 Å². The van der Waals surface area contributed by atoms with E-state index in [9.17, 15) is 0 Å². The average Bonchev–Trinajstić information content (AvgIpc) is 4.22. The van der Waals surface area contributed by atoms with Crippen molar-refractivity contribution in [2.75, 3.05) is 26.4 Å². The molecule has 5 aromatic rings. The largest absolute Gasteiger partial charge is 0.490 e. The summed E-state index contributed by atoms with van der Waals surface area (Å²) in [6.45, 7) is 11.7. The fraction of sp³-hybridized carbons (Fsp3) is 0.686. The third-order valence-corrected chi connectivity index (χ3v) is 16.3. The number of aromatic nitrogens is 4. The average molecular weight is 1230 g/mol. The minimum Gasteiger partial charge on any atom is -0.490 e. The van der Waals surface area contributed by atoms with Gasteiger partial charge in [-0.25, -0.2) is 0 Å². The summed E-state index contributed by atoms with van der Waals surface area (Å²) in [5.41, 5.74) is 3.14. The predicted molar refractivity (Wildman–Crippen MR) is 346 cm³/mol. The van der Waals surface area contributed by atoms with Crippen molar-refractivity contribution in [2.24, 2.45) is 0 Å². The van der Waals surface area contributed by atoms with Gasteiger partial charge in [-0.15, -0.1) is 0 Å². The molecule has 0 fully saturated rings. The van der Waals surface area contributed by atoms with Gasteiger partial charge in [0.2, 0.25) is 11.6 Å². The van der Waals surface area contributed by atoms with Crippen molar-refractivity contribution in [3.63, 3.8) is 0 Å². The first-order valence-corrected chi connectivity index (χ1v) is 34.4. The number of hydrogen-bond donors (Lipinski definition) is 0. The highest BCUT2D eigenvalue weighted by Crippen LogP contribution is 2.36. The van der Waals surface area contributed by atoms with Gasteiger partial charge in [0.25, 0.3) is 11.8 Å². The van der Waals surface area contributed by atoms with Gasteiger partial charge < -0.3 is 28.0 Å². The molecule has 5 rings (SSSR count). The Kier molecular flexibility index (Phi) is 37.1. The molecule has 0 atom stereocenters. The van der Waals surface area contributed by atoms with Crippen LogP contribution in [0.1, 0.15) is 285 Å². The molecule has 0 amide bonds. The van der Waals surface area contributed by atoms with Gasteiger partial charge in [-0.05, 0) is 103 Å². The summed E-state index contributed by atoms with van der Waals surface area (Å²) in [5, 5.41) is 8.93. The van der Waals surface area contributed by atoms with Crippen molar-refractivity contribution >= 4 is 22.6 Å². The van der Waals surface area contributed by atoms with Crippen LogP contribution in [0.25, 0.3) is 45.7 Å². The maximum Gasteiger partial charge on any atom is 0.258 e. The lowest BCUT2D eigenvalue weighted by Crippen LogP contribution is -2.03. The summed E-state index contributed by atoms with van der Waals surface area (Å²) in [6.07, 6.45) is 51.4. The number of rotatable bonds is 52. The van der Waals surface area contributed by atoms with Crippen molar-refractivity contribution in [3.8, 4) is 68.7 Å². The summed E-state index contributed by atoms with van der Waals surface area (Å²) in [5.74, 6) is 4.75. The maximum atomic E-state index is 6.48. The molecular formula is C70H109IN4O6. The van der Waals surface area contributed by atoms with Crippen LogP contribution in [0.15, 0.2) is 63.6 Å². The van der Waals surface area contributed by atoms with Crippen molar-refractivity contribution in [1.29, 1.82) is 0 Å². The molecule has 10 nitrogen and oxygen atoms in total. The van der Waals surface area contributed by atoms with Crippen LogP contribution in [0.4, 0.5) is 0 Å². The van der Waals surface area contributed by atoms with Gasteiger partial charge in [-0.2, -0.15) is 9.97 Å². The quantitative estimate of drug-likeness (QED) is 0.0275. The molecule has 2 aromatic heterocycles. The summed E-state index contributed by atoms with van der Waals surface area (Å²) >= 11 is 2.31. The first-order chi connectivity index (χ1) is 40.0. The fourth-order valence-corrected chi connectivity index (χ4v) is 11.3. The molecule has 0 aliphatic heterocycles. The molecule has 0 unspecified atom stereocenters. The number of nitrogens with zero attached hydrogens (tertiary/aromatic N) is 4. The Morgan fingerprint density at radius 3 is 0.840 bits per heavy atom. The third-order valence-electron chi connectivity index (χ3n) is 15.7. The lowest BCUT2D eigenvalue weighted by molar-refractivity contribution is 0.258. The molecule has 0 radical (unpaired) electrons. The van der Waals surface area contributed by atoms with E-state index in [-0.39, 0.29) is 0 Å². The number of hydrogen-bond acceptors (Lipinski definition) is 10. The van der Waals surface area contributed by atoms with Gasteiger partial charge >= 0.3 is 0 Å². The van der Waals surface area contributed by atoms with Gasteiger partial charge in [-0.1, -0.05) is 269 Å². The van der Waals surface area contributed by atoms with Crippen molar-refractivity contribution in [3.05, 3.63) is 58.2 Å². The van der Waals surface area contributed by atoms with E-state index in [1.807, 2.05) is 54.6 Å². The zero-order chi connectivity index (χ0) is 57.1. The van der Waals surface area contributed by atoms with Crippen molar-refractivity contribution in [1.82, 2.24) is 20.3 Å². The van der Waals surface area contributed by atoms with Gasteiger partial charge in [0, 0.05) is 25.8 Å². The Hall–Kier alpha value is -4.13. The number of halogens is 1. The lowest BCUT2D eigenvalue weighted by atomic mass is 10.1. The topological polar surface area (TPSA) is 115 Å². The molecule has 3 aromatic carbocycles. The predicted octanol–water partition coefficient (Wildman–Crippen LogP) is 22.9. The zero-order valence-corrected chi connectivity index (χ0v) is 53.6. The Morgan fingerprint density at radius 2 is 0.556 bits per heavy atom. The van der Waals surface area contributed by atoms with E-state index in [2.05, 4.69) is 60.6 Å². The van der Waals surface area contributed by atoms with E-state index >= 15 is 0 Å². The molecule has 0 spiro atoms. The normalized spacial score (nSPS) is 11.5. The molecule has 0 saturated carbocycles. The highest BCUT2D eigenvalue weighted by molar-refractivity contribution is 14.1. The van der Waals surface area contributed by atoms with Gasteiger partial charge in [-0.3, -0.25) is 0 Å². The van der Waals surface area contributed by atoms with Crippen LogP contribution in [0.5, 0.6) is 23.0 Å². The van der Waals surface area contributed by atoms with Crippen LogP contribution in [0, 0.1) is 3.57 Å². The molecule has 0 aliphatic rings. The summed E-state index contributed by atoms with van der Waals surface area (Å²) in [7, 11) is 0. The molecule has 0 aliphatic carbocycles. The molecule has 0 saturated heterocycles. The second-order valence-electron chi connectivity index (χ2n) is 23.0. The Labute approximate surface area is 505 Å². The SMILES string of the molecule is CCCCCCCCCCCCOc1ccc(-c2noc(-c3cc(I)cc(-c4nc(-c5ccc(OCCCCCCCCCCCC)c(OCCCCCCCCCCCC)c5)no4)c3)n2)cc1OCCCCCCCCCCCC. The van der Waals surface area contributed by atoms with Crippen LogP contribution in [-0.4, -0.2) is 46.7 Å². The molecule has 0 bridgehead atoms. The minimum absolute atomic E-state index is 0.399. The van der Waals surface area contributed by atoms with Crippen LogP contribution >= 0.6 is 22.6 Å². The molecule has 2 heterocycles. The summed E-state index contributed by atoms with van der Waals surface area (Å²) in [4.78, 5) is 9.81. The van der Waals surface area contributed by atoms with E-state index < -0.39 is 0 Å². The highest BCUT2D eigenvalue weighted by atomic mass is 127. The standard InChI is InChI=1S/C70H109IN4O6/c1-5-9-13-17-21-25-29-33-37-41-49-76-63-47-45-58(56-65(63)78-51-43-39-35-31-27-23-19-15-11-7-3)67-72-69(80-74-67)60-53-61(55-62(71)54-60)70-73-68(75-81-70)59-46-48-64(77-50-42-38-34-30-26-22-18-14-10-6-2)66(57-59)79-52-44-40-36-32-28-24-20-16-12-8-4/h45-48,53-57H,5-44,49-52H2,1-4H3. The maximum absolute atomic E-state index is 6.48. The second kappa shape index (κ2) is 44.4. The minimum atomic E-state index is 0.399. The zero-order valence-electron chi connectivity index (χ0n) is 51.4. The molecule has 11 heteroatoms. The number of benzene rings is 3. The fourth-order valence-electron chi connectivity index (χ4n) is 10.6. The van der Waals surface area contributed by atoms with E-state index in [4.69, 9.17) is 38.0 Å². The highest BCUT2D eigenvalue weighted by Gasteiger charge is 2.19.